The van der Waals surface area contributed by atoms with Crippen LogP contribution in [0.1, 0.15) is 18.9 Å². The lowest BCUT2D eigenvalue weighted by molar-refractivity contribution is -0.149. The van der Waals surface area contributed by atoms with Gasteiger partial charge in [0.25, 0.3) is 5.91 Å². The van der Waals surface area contributed by atoms with E-state index in [0.29, 0.717) is 19.4 Å². The van der Waals surface area contributed by atoms with Crippen LogP contribution in [0.15, 0.2) is 24.3 Å². The minimum absolute atomic E-state index is 0.0935. The van der Waals surface area contributed by atoms with Crippen LogP contribution in [-0.2, 0) is 16.0 Å². The van der Waals surface area contributed by atoms with Crippen molar-refractivity contribution in [3.63, 3.8) is 0 Å². The van der Waals surface area contributed by atoms with Crippen molar-refractivity contribution < 1.29 is 19.4 Å². The third kappa shape index (κ3) is 2.73. The second kappa shape index (κ2) is 5.39. The van der Waals surface area contributed by atoms with Crippen LogP contribution in [0.5, 0.6) is 5.75 Å². The molecule has 0 saturated carbocycles. The van der Waals surface area contributed by atoms with E-state index in [-0.39, 0.29) is 18.4 Å². The van der Waals surface area contributed by atoms with Gasteiger partial charge in [0.2, 0.25) is 0 Å². The summed E-state index contributed by atoms with van der Waals surface area (Å²) in [5.74, 6) is -0.427. The molecule has 2 heterocycles. The van der Waals surface area contributed by atoms with Gasteiger partial charge in [0.15, 0.2) is 6.10 Å². The van der Waals surface area contributed by atoms with Gasteiger partial charge < -0.3 is 14.7 Å². The molecule has 0 bridgehead atoms. The van der Waals surface area contributed by atoms with Gasteiger partial charge in [0.05, 0.1) is 5.92 Å². The summed E-state index contributed by atoms with van der Waals surface area (Å²) >= 11 is 0. The van der Waals surface area contributed by atoms with Crippen LogP contribution in [0.25, 0.3) is 0 Å². The highest BCUT2D eigenvalue weighted by atomic mass is 16.5. The molecule has 5 heteroatoms. The van der Waals surface area contributed by atoms with Gasteiger partial charge in [-0.15, -0.1) is 0 Å². The summed E-state index contributed by atoms with van der Waals surface area (Å²) in [6.45, 7) is 2.88. The molecule has 1 saturated heterocycles. The second-order valence-electron chi connectivity index (χ2n) is 6.04. The molecule has 21 heavy (non-hydrogen) atoms. The van der Waals surface area contributed by atoms with E-state index in [0.717, 1.165) is 11.3 Å². The Bertz CT molecular complexity index is 546. The van der Waals surface area contributed by atoms with E-state index in [1.165, 1.54) is 0 Å². The summed E-state index contributed by atoms with van der Waals surface area (Å²) < 4.78 is 5.71. The van der Waals surface area contributed by atoms with Gasteiger partial charge >= 0.3 is 5.97 Å². The summed E-state index contributed by atoms with van der Waals surface area (Å²) in [4.78, 5) is 25.4. The molecule has 0 spiro atoms. The van der Waals surface area contributed by atoms with Crippen LogP contribution in [0.2, 0.25) is 0 Å². The molecule has 1 fully saturated rings. The highest BCUT2D eigenvalue weighted by Gasteiger charge is 2.37. The number of fused-ring (bicyclic) bond motifs is 1. The van der Waals surface area contributed by atoms with E-state index in [9.17, 15) is 14.7 Å². The summed E-state index contributed by atoms with van der Waals surface area (Å²) in [5, 5.41) is 9.19. The molecule has 1 aromatic carbocycles. The van der Waals surface area contributed by atoms with Gasteiger partial charge in [-0.25, -0.2) is 0 Å². The minimum atomic E-state index is -0.824. The fourth-order valence-electron chi connectivity index (χ4n) is 3.23. The Balaban J connectivity index is 1.70. The molecule has 2 aliphatic heterocycles. The molecule has 5 nitrogen and oxygen atoms in total. The number of nitrogens with zero attached hydrogens (tertiary/aromatic N) is 1. The molecule has 0 radical (unpaired) electrons. The zero-order valence-electron chi connectivity index (χ0n) is 12.0. The van der Waals surface area contributed by atoms with E-state index in [4.69, 9.17) is 4.74 Å². The number of hydrogen-bond donors (Lipinski definition) is 1. The van der Waals surface area contributed by atoms with Crippen molar-refractivity contribution in [2.75, 3.05) is 13.1 Å². The first kappa shape index (κ1) is 13.9. The number of carboxylic acid groups (broad SMARTS) is 1. The number of piperidine rings is 1. The number of amides is 1. The Kier molecular flexibility index (Phi) is 3.57. The van der Waals surface area contributed by atoms with Crippen LogP contribution < -0.4 is 4.74 Å². The first-order valence-corrected chi connectivity index (χ1v) is 7.30. The average molecular weight is 289 g/mol. The molecule has 3 unspecified atom stereocenters. The Morgan fingerprint density at radius 2 is 2.05 bits per heavy atom. The van der Waals surface area contributed by atoms with E-state index < -0.39 is 18.0 Å². The van der Waals surface area contributed by atoms with Crippen molar-refractivity contribution >= 4 is 11.9 Å². The monoisotopic (exact) mass is 289 g/mol. The van der Waals surface area contributed by atoms with Crippen LogP contribution in [0, 0.1) is 11.8 Å². The summed E-state index contributed by atoms with van der Waals surface area (Å²) in [7, 11) is 0. The Labute approximate surface area is 123 Å². The lowest BCUT2D eigenvalue weighted by Crippen LogP contribution is -2.50. The van der Waals surface area contributed by atoms with Crippen molar-refractivity contribution in [3.05, 3.63) is 29.8 Å². The number of likely N-dealkylation sites (tertiary alicyclic amines) is 1. The van der Waals surface area contributed by atoms with Gasteiger partial charge in [-0.05, 0) is 24.0 Å². The number of benzene rings is 1. The SMILES string of the molecule is CC1CC(C(=O)O)CN(C(=O)C2Cc3ccccc3O2)C1. The van der Waals surface area contributed by atoms with E-state index in [1.807, 2.05) is 31.2 Å². The molecule has 1 amide bonds. The lowest BCUT2D eigenvalue weighted by Gasteiger charge is -2.35. The summed E-state index contributed by atoms with van der Waals surface area (Å²) in [6.07, 6.45) is 0.685. The maximum atomic E-state index is 12.6. The Morgan fingerprint density at radius 3 is 2.76 bits per heavy atom. The van der Waals surface area contributed by atoms with E-state index >= 15 is 0 Å². The van der Waals surface area contributed by atoms with Crippen molar-refractivity contribution in [2.24, 2.45) is 11.8 Å². The Morgan fingerprint density at radius 1 is 1.29 bits per heavy atom. The molecule has 1 N–H and O–H groups in total. The Hall–Kier alpha value is -2.04. The summed E-state index contributed by atoms with van der Waals surface area (Å²) in [6, 6.07) is 7.64. The molecule has 0 aliphatic carbocycles. The maximum Gasteiger partial charge on any atom is 0.308 e. The number of aliphatic carboxylic acids is 1. The number of ether oxygens (including phenoxy) is 1. The number of para-hydroxylation sites is 1. The fraction of sp³-hybridized carbons (Fsp3) is 0.500. The van der Waals surface area contributed by atoms with Gasteiger partial charge in [0, 0.05) is 19.5 Å². The highest BCUT2D eigenvalue weighted by molar-refractivity contribution is 5.83. The van der Waals surface area contributed by atoms with Crippen LogP contribution in [-0.4, -0.2) is 41.1 Å². The van der Waals surface area contributed by atoms with Crippen LogP contribution in [0.3, 0.4) is 0 Å². The fourth-order valence-corrected chi connectivity index (χ4v) is 3.23. The van der Waals surface area contributed by atoms with Crippen molar-refractivity contribution in [1.29, 1.82) is 0 Å². The first-order chi connectivity index (χ1) is 10.0. The van der Waals surface area contributed by atoms with E-state index in [1.54, 1.807) is 4.90 Å². The number of carbonyl (C=O) groups is 2. The zero-order chi connectivity index (χ0) is 15.0. The number of rotatable bonds is 2. The topological polar surface area (TPSA) is 66.8 Å². The minimum Gasteiger partial charge on any atom is -0.481 e. The van der Waals surface area contributed by atoms with Crippen LogP contribution >= 0.6 is 0 Å². The van der Waals surface area contributed by atoms with E-state index in [2.05, 4.69) is 0 Å². The third-order valence-electron chi connectivity index (χ3n) is 4.24. The molecule has 2 aliphatic rings. The van der Waals surface area contributed by atoms with Gasteiger partial charge in [-0.3, -0.25) is 9.59 Å². The van der Waals surface area contributed by atoms with Crippen molar-refractivity contribution in [2.45, 2.75) is 25.9 Å². The quantitative estimate of drug-likeness (QED) is 0.897. The smallest absolute Gasteiger partial charge is 0.308 e. The highest BCUT2D eigenvalue weighted by Crippen LogP contribution is 2.30. The van der Waals surface area contributed by atoms with Crippen molar-refractivity contribution in [1.82, 2.24) is 4.90 Å². The number of carboxylic acids is 1. The zero-order valence-corrected chi connectivity index (χ0v) is 12.0. The standard InChI is InChI=1S/C16H19NO4/c1-10-6-12(16(19)20)9-17(8-10)15(18)14-7-11-4-2-3-5-13(11)21-14/h2-5,10,12,14H,6-9H2,1H3,(H,19,20). The predicted octanol–water partition coefficient (Wildman–Crippen LogP) is 1.56. The molecule has 3 atom stereocenters. The normalized spacial score (nSPS) is 27.9. The molecule has 1 aromatic rings. The second-order valence-corrected chi connectivity index (χ2v) is 6.04. The first-order valence-electron chi connectivity index (χ1n) is 7.30. The van der Waals surface area contributed by atoms with Gasteiger partial charge in [0.1, 0.15) is 5.75 Å². The summed E-state index contributed by atoms with van der Waals surface area (Å²) in [5.41, 5.74) is 1.04. The molecule has 112 valence electrons. The third-order valence-corrected chi connectivity index (χ3v) is 4.24. The number of hydrogen-bond acceptors (Lipinski definition) is 3. The van der Waals surface area contributed by atoms with Gasteiger partial charge in [-0.1, -0.05) is 25.1 Å². The molecular weight excluding hydrogens is 270 g/mol. The molecule has 3 rings (SSSR count). The lowest BCUT2D eigenvalue weighted by atomic mass is 9.90. The maximum absolute atomic E-state index is 12.6. The molecular formula is C16H19NO4. The molecule has 0 aromatic heterocycles. The van der Waals surface area contributed by atoms with Gasteiger partial charge in [-0.2, -0.15) is 0 Å². The number of carbonyl (C=O) groups excluding carboxylic acids is 1. The van der Waals surface area contributed by atoms with Crippen molar-refractivity contribution in [3.8, 4) is 5.75 Å². The largest absolute Gasteiger partial charge is 0.481 e. The predicted molar refractivity (Wildman–Crippen MR) is 76.0 cm³/mol. The average Bonchev–Trinajstić information content (AvgIpc) is 2.89. The van der Waals surface area contributed by atoms with Crippen LogP contribution in [0.4, 0.5) is 0 Å².